The van der Waals surface area contributed by atoms with Crippen LogP contribution in [-0.4, -0.2) is 19.1 Å². The average molecular weight is 248 g/mol. The Bertz CT molecular complexity index is 335. The third-order valence-electron chi connectivity index (χ3n) is 3.23. The molecule has 1 aromatic carbocycles. The fourth-order valence-corrected chi connectivity index (χ4v) is 2.11. The van der Waals surface area contributed by atoms with Crippen molar-refractivity contribution >= 4 is 5.69 Å². The van der Waals surface area contributed by atoms with E-state index < -0.39 is 0 Å². The molecule has 0 bridgehead atoms. The van der Waals surface area contributed by atoms with E-state index in [0.717, 1.165) is 19.4 Å². The molecule has 0 aliphatic heterocycles. The SMILES string of the molecule is CCCc1ccc(N(C)CCCC(C)(C)N)cc1. The normalized spacial score (nSPS) is 11.6. The molecule has 0 saturated carbocycles. The van der Waals surface area contributed by atoms with Crippen LogP contribution >= 0.6 is 0 Å². The van der Waals surface area contributed by atoms with Gasteiger partial charge in [0.15, 0.2) is 0 Å². The topological polar surface area (TPSA) is 29.3 Å². The van der Waals surface area contributed by atoms with Crippen LogP contribution in [0.15, 0.2) is 24.3 Å². The van der Waals surface area contributed by atoms with Crippen LogP contribution in [0.5, 0.6) is 0 Å². The van der Waals surface area contributed by atoms with Gasteiger partial charge in [0.25, 0.3) is 0 Å². The van der Waals surface area contributed by atoms with Crippen LogP contribution in [0.25, 0.3) is 0 Å². The lowest BCUT2D eigenvalue weighted by atomic mass is 10.00. The number of nitrogens with two attached hydrogens (primary N) is 1. The molecular formula is C16H28N2. The maximum Gasteiger partial charge on any atom is 0.0363 e. The number of anilines is 1. The van der Waals surface area contributed by atoms with E-state index in [0.29, 0.717) is 0 Å². The summed E-state index contributed by atoms with van der Waals surface area (Å²) in [5, 5.41) is 0. The number of hydrogen-bond acceptors (Lipinski definition) is 2. The van der Waals surface area contributed by atoms with Crippen molar-refractivity contribution < 1.29 is 0 Å². The quantitative estimate of drug-likeness (QED) is 0.799. The van der Waals surface area contributed by atoms with Gasteiger partial charge in [0.2, 0.25) is 0 Å². The molecule has 0 aromatic heterocycles. The Kier molecular flexibility index (Phi) is 5.67. The van der Waals surface area contributed by atoms with Crippen molar-refractivity contribution in [3.8, 4) is 0 Å². The lowest BCUT2D eigenvalue weighted by molar-refractivity contribution is 0.460. The Morgan fingerprint density at radius 2 is 1.78 bits per heavy atom. The van der Waals surface area contributed by atoms with Gasteiger partial charge in [0.1, 0.15) is 0 Å². The Morgan fingerprint density at radius 3 is 2.28 bits per heavy atom. The Morgan fingerprint density at radius 1 is 1.17 bits per heavy atom. The van der Waals surface area contributed by atoms with E-state index in [9.17, 15) is 0 Å². The Labute approximate surface area is 112 Å². The largest absolute Gasteiger partial charge is 0.375 e. The minimum absolute atomic E-state index is 0.0498. The average Bonchev–Trinajstić information content (AvgIpc) is 2.28. The zero-order valence-electron chi connectivity index (χ0n) is 12.4. The summed E-state index contributed by atoms with van der Waals surface area (Å²) in [5.41, 5.74) is 8.67. The number of hydrogen-bond donors (Lipinski definition) is 1. The zero-order chi connectivity index (χ0) is 13.6. The lowest BCUT2D eigenvalue weighted by Crippen LogP contribution is -2.33. The highest BCUT2D eigenvalue weighted by Crippen LogP contribution is 2.16. The molecular weight excluding hydrogens is 220 g/mol. The van der Waals surface area contributed by atoms with Crippen LogP contribution < -0.4 is 10.6 Å². The van der Waals surface area contributed by atoms with Gasteiger partial charge in [-0.1, -0.05) is 25.5 Å². The van der Waals surface area contributed by atoms with Crippen LogP contribution in [0.3, 0.4) is 0 Å². The third-order valence-corrected chi connectivity index (χ3v) is 3.23. The van der Waals surface area contributed by atoms with E-state index in [1.165, 1.54) is 24.1 Å². The van der Waals surface area contributed by atoms with Gasteiger partial charge in [-0.25, -0.2) is 0 Å². The number of aryl methyl sites for hydroxylation is 1. The van der Waals surface area contributed by atoms with Crippen LogP contribution in [-0.2, 0) is 6.42 Å². The summed E-state index contributed by atoms with van der Waals surface area (Å²) < 4.78 is 0. The highest BCUT2D eigenvalue weighted by atomic mass is 15.1. The molecule has 0 fully saturated rings. The first-order chi connectivity index (χ1) is 8.42. The van der Waals surface area contributed by atoms with Gasteiger partial charge in [-0.15, -0.1) is 0 Å². The summed E-state index contributed by atoms with van der Waals surface area (Å²) in [6.07, 6.45) is 4.58. The fraction of sp³-hybridized carbons (Fsp3) is 0.625. The van der Waals surface area contributed by atoms with E-state index >= 15 is 0 Å². The van der Waals surface area contributed by atoms with E-state index in [1.54, 1.807) is 0 Å². The molecule has 0 saturated heterocycles. The van der Waals surface area contributed by atoms with Crippen molar-refractivity contribution in [2.75, 3.05) is 18.5 Å². The smallest absolute Gasteiger partial charge is 0.0363 e. The molecule has 102 valence electrons. The highest BCUT2D eigenvalue weighted by Gasteiger charge is 2.10. The predicted molar refractivity (Wildman–Crippen MR) is 81.2 cm³/mol. The second-order valence-corrected chi connectivity index (χ2v) is 5.93. The van der Waals surface area contributed by atoms with Crippen molar-refractivity contribution in [3.05, 3.63) is 29.8 Å². The summed E-state index contributed by atoms with van der Waals surface area (Å²) in [6.45, 7) is 7.46. The molecule has 2 nitrogen and oxygen atoms in total. The molecule has 0 aliphatic carbocycles. The van der Waals surface area contributed by atoms with E-state index in [4.69, 9.17) is 5.73 Å². The van der Waals surface area contributed by atoms with Gasteiger partial charge in [0, 0.05) is 24.8 Å². The first kappa shape index (κ1) is 15.0. The summed E-state index contributed by atoms with van der Waals surface area (Å²) in [6, 6.07) is 8.92. The molecule has 1 aromatic rings. The molecule has 0 atom stereocenters. The number of rotatable bonds is 7. The molecule has 0 amide bonds. The Balaban J connectivity index is 2.43. The first-order valence-corrected chi connectivity index (χ1v) is 7.01. The molecule has 0 spiro atoms. The molecule has 1 rings (SSSR count). The van der Waals surface area contributed by atoms with Gasteiger partial charge < -0.3 is 10.6 Å². The van der Waals surface area contributed by atoms with Gasteiger partial charge in [-0.3, -0.25) is 0 Å². The summed E-state index contributed by atoms with van der Waals surface area (Å²) >= 11 is 0. The highest BCUT2D eigenvalue weighted by molar-refractivity contribution is 5.46. The van der Waals surface area contributed by atoms with Crippen molar-refractivity contribution in [3.63, 3.8) is 0 Å². The maximum absolute atomic E-state index is 6.00. The lowest BCUT2D eigenvalue weighted by Gasteiger charge is -2.23. The molecule has 18 heavy (non-hydrogen) atoms. The maximum atomic E-state index is 6.00. The number of nitrogens with zero attached hydrogens (tertiary/aromatic N) is 1. The van der Waals surface area contributed by atoms with Gasteiger partial charge in [0.05, 0.1) is 0 Å². The Hall–Kier alpha value is -1.02. The van der Waals surface area contributed by atoms with E-state index in [1.807, 2.05) is 0 Å². The zero-order valence-corrected chi connectivity index (χ0v) is 12.4. The van der Waals surface area contributed by atoms with Crippen molar-refractivity contribution in [1.29, 1.82) is 0 Å². The molecule has 0 heterocycles. The summed E-state index contributed by atoms with van der Waals surface area (Å²) in [5.74, 6) is 0. The monoisotopic (exact) mass is 248 g/mol. The van der Waals surface area contributed by atoms with Gasteiger partial charge in [-0.2, -0.15) is 0 Å². The van der Waals surface area contributed by atoms with Crippen molar-refractivity contribution in [1.82, 2.24) is 0 Å². The van der Waals surface area contributed by atoms with E-state index in [2.05, 4.69) is 57.0 Å². The molecule has 0 aliphatic rings. The molecule has 2 heteroatoms. The van der Waals surface area contributed by atoms with Crippen LogP contribution in [0, 0.1) is 0 Å². The minimum Gasteiger partial charge on any atom is -0.375 e. The fourth-order valence-electron chi connectivity index (χ4n) is 2.11. The minimum atomic E-state index is -0.0498. The first-order valence-electron chi connectivity index (χ1n) is 7.01. The second-order valence-electron chi connectivity index (χ2n) is 5.93. The van der Waals surface area contributed by atoms with Crippen LogP contribution in [0.2, 0.25) is 0 Å². The van der Waals surface area contributed by atoms with E-state index in [-0.39, 0.29) is 5.54 Å². The number of benzene rings is 1. The molecule has 0 radical (unpaired) electrons. The van der Waals surface area contributed by atoms with Crippen LogP contribution in [0.1, 0.15) is 45.6 Å². The van der Waals surface area contributed by atoms with Gasteiger partial charge in [-0.05, 0) is 50.8 Å². The van der Waals surface area contributed by atoms with Crippen molar-refractivity contribution in [2.24, 2.45) is 5.73 Å². The van der Waals surface area contributed by atoms with Gasteiger partial charge >= 0.3 is 0 Å². The van der Waals surface area contributed by atoms with Crippen LogP contribution in [0.4, 0.5) is 5.69 Å². The molecule has 0 unspecified atom stereocenters. The standard InChI is InChI=1S/C16H28N2/c1-5-7-14-8-10-15(11-9-14)18(4)13-6-12-16(2,3)17/h8-11H,5-7,12-13,17H2,1-4H3. The predicted octanol–water partition coefficient (Wildman–Crippen LogP) is 3.59. The molecule has 2 N–H and O–H groups in total. The summed E-state index contributed by atoms with van der Waals surface area (Å²) in [4.78, 5) is 2.31. The van der Waals surface area contributed by atoms with Crippen molar-refractivity contribution in [2.45, 2.75) is 52.0 Å². The third kappa shape index (κ3) is 5.54. The summed E-state index contributed by atoms with van der Waals surface area (Å²) in [7, 11) is 2.15. The second kappa shape index (κ2) is 6.79.